The zero-order valence-electron chi connectivity index (χ0n) is 30.1. The van der Waals surface area contributed by atoms with Crippen LogP contribution in [0.1, 0.15) is 22.3 Å². The van der Waals surface area contributed by atoms with E-state index < -0.39 is 5.41 Å². The normalized spacial score (nSPS) is 12.9. The van der Waals surface area contributed by atoms with Gasteiger partial charge in [0.05, 0.1) is 11.1 Å². The van der Waals surface area contributed by atoms with Crippen molar-refractivity contribution in [1.29, 1.82) is 0 Å². The second kappa shape index (κ2) is 12.5. The number of anilines is 3. The molecule has 2 heteroatoms. The first-order valence-corrected chi connectivity index (χ1v) is 18.9. The van der Waals surface area contributed by atoms with Crippen molar-refractivity contribution in [2.24, 2.45) is 0 Å². The number of rotatable bonds is 6. The zero-order valence-corrected chi connectivity index (χ0v) is 30.1. The number of hydrogen-bond donors (Lipinski definition) is 0. The maximum Gasteiger partial charge on any atom is 0.136 e. The largest absolute Gasteiger partial charge is 0.456 e. The number of furan rings is 1. The summed E-state index contributed by atoms with van der Waals surface area (Å²) in [6, 6.07) is 77.0. The fourth-order valence-corrected chi connectivity index (χ4v) is 9.19. The van der Waals surface area contributed by atoms with Gasteiger partial charge in [0.2, 0.25) is 0 Å². The van der Waals surface area contributed by atoms with E-state index in [1.165, 1.54) is 49.9 Å². The maximum absolute atomic E-state index is 6.33. The average Bonchev–Trinajstić information content (AvgIpc) is 3.80. The molecule has 9 aromatic carbocycles. The summed E-state index contributed by atoms with van der Waals surface area (Å²) in [6.45, 7) is 0. The fourth-order valence-electron chi connectivity index (χ4n) is 9.19. The molecule has 0 N–H and O–H groups in total. The Labute approximate surface area is 320 Å². The van der Waals surface area contributed by atoms with E-state index in [1.807, 2.05) is 6.07 Å². The lowest BCUT2D eigenvalue weighted by molar-refractivity contribution is 0.669. The summed E-state index contributed by atoms with van der Waals surface area (Å²) in [5, 5.41) is 4.61. The minimum Gasteiger partial charge on any atom is -0.456 e. The van der Waals surface area contributed by atoms with Gasteiger partial charge in [-0.15, -0.1) is 0 Å². The van der Waals surface area contributed by atoms with Crippen LogP contribution in [-0.2, 0) is 5.41 Å². The van der Waals surface area contributed by atoms with Crippen LogP contribution in [0.15, 0.2) is 217 Å². The van der Waals surface area contributed by atoms with Crippen LogP contribution in [0.2, 0.25) is 0 Å². The molecule has 0 saturated heterocycles. The second-order valence-corrected chi connectivity index (χ2v) is 14.4. The predicted molar refractivity (Wildman–Crippen MR) is 229 cm³/mol. The third kappa shape index (κ3) is 4.75. The minimum absolute atomic E-state index is 0.456. The van der Waals surface area contributed by atoms with Crippen molar-refractivity contribution in [3.8, 4) is 22.3 Å². The van der Waals surface area contributed by atoms with E-state index in [4.69, 9.17) is 4.42 Å². The van der Waals surface area contributed by atoms with Crippen LogP contribution in [0.3, 0.4) is 0 Å². The highest BCUT2D eigenvalue weighted by Crippen LogP contribution is 2.56. The molecule has 258 valence electrons. The molecule has 2 nitrogen and oxygen atoms in total. The molecule has 1 heterocycles. The van der Waals surface area contributed by atoms with Gasteiger partial charge in [-0.1, -0.05) is 164 Å². The number of hydrogen-bond acceptors (Lipinski definition) is 2. The molecule has 0 saturated carbocycles. The Bertz CT molecular complexity index is 2970. The van der Waals surface area contributed by atoms with E-state index in [1.54, 1.807) is 0 Å². The van der Waals surface area contributed by atoms with Gasteiger partial charge in [-0.3, -0.25) is 0 Å². The van der Waals surface area contributed by atoms with Crippen molar-refractivity contribution in [1.82, 2.24) is 0 Å². The Morgan fingerprint density at radius 1 is 0.345 bits per heavy atom. The quantitative estimate of drug-likeness (QED) is 0.172. The summed E-state index contributed by atoms with van der Waals surface area (Å²) in [4.78, 5) is 2.40. The van der Waals surface area contributed by atoms with E-state index in [9.17, 15) is 0 Å². The van der Waals surface area contributed by atoms with E-state index >= 15 is 0 Å². The van der Waals surface area contributed by atoms with Crippen molar-refractivity contribution in [3.05, 3.63) is 235 Å². The molecular weight excluding hydrogens is 667 g/mol. The van der Waals surface area contributed by atoms with Crippen LogP contribution in [-0.4, -0.2) is 0 Å². The van der Waals surface area contributed by atoms with Gasteiger partial charge in [-0.25, -0.2) is 0 Å². The standard InChI is InChI=1S/C53H35NO/c1-3-14-36(15-4-1)37-26-30-40(31-27-37)54(49-24-13-21-45-44(49)34-35-51-52(45)46-20-9-12-25-50(46)55-51)41-32-28-39(29-33-41)53(38-16-5-2-6-17-38)47-22-10-7-18-42(47)43-19-8-11-23-48(43)53/h1-35H. The highest BCUT2D eigenvalue weighted by atomic mass is 16.3. The fraction of sp³-hybridized carbons (Fsp3) is 0.0189. The lowest BCUT2D eigenvalue weighted by atomic mass is 9.68. The molecule has 1 aliphatic carbocycles. The molecular formula is C53H35NO. The minimum atomic E-state index is -0.456. The SMILES string of the molecule is c1ccc(-c2ccc(N(c3ccc(C4(c5ccccc5)c5ccccc5-c5ccccc54)cc3)c3cccc4c3ccc3oc5ccccc5c34)cc2)cc1. The molecule has 0 radical (unpaired) electrons. The Morgan fingerprint density at radius 2 is 0.891 bits per heavy atom. The first-order chi connectivity index (χ1) is 27.3. The maximum atomic E-state index is 6.33. The molecule has 0 spiro atoms. The van der Waals surface area contributed by atoms with Crippen LogP contribution >= 0.6 is 0 Å². The van der Waals surface area contributed by atoms with Crippen molar-refractivity contribution < 1.29 is 4.42 Å². The van der Waals surface area contributed by atoms with Gasteiger partial charge in [0, 0.05) is 27.5 Å². The Balaban J connectivity index is 1.12. The van der Waals surface area contributed by atoms with Gasteiger partial charge in [0.25, 0.3) is 0 Å². The van der Waals surface area contributed by atoms with Crippen molar-refractivity contribution in [3.63, 3.8) is 0 Å². The zero-order chi connectivity index (χ0) is 36.3. The van der Waals surface area contributed by atoms with Crippen LogP contribution < -0.4 is 4.90 Å². The van der Waals surface area contributed by atoms with E-state index in [-0.39, 0.29) is 0 Å². The lowest BCUT2D eigenvalue weighted by Gasteiger charge is -2.34. The molecule has 11 rings (SSSR count). The Hall–Kier alpha value is -7.16. The van der Waals surface area contributed by atoms with Gasteiger partial charge in [0.1, 0.15) is 11.2 Å². The first-order valence-electron chi connectivity index (χ1n) is 18.9. The third-order valence-corrected chi connectivity index (χ3v) is 11.6. The molecule has 0 bridgehead atoms. The molecule has 0 unspecified atom stereocenters. The van der Waals surface area contributed by atoms with Crippen LogP contribution in [0.4, 0.5) is 17.1 Å². The van der Waals surface area contributed by atoms with E-state index in [0.29, 0.717) is 0 Å². The number of benzene rings is 9. The molecule has 1 aliphatic rings. The lowest BCUT2D eigenvalue weighted by Crippen LogP contribution is -2.28. The molecule has 0 amide bonds. The molecule has 10 aromatic rings. The summed E-state index contributed by atoms with van der Waals surface area (Å²) in [5.74, 6) is 0. The van der Waals surface area contributed by atoms with Gasteiger partial charge in [-0.05, 0) is 98.4 Å². The highest BCUT2D eigenvalue weighted by molar-refractivity contribution is 6.21. The number of nitrogens with zero attached hydrogens (tertiary/aromatic N) is 1. The van der Waals surface area contributed by atoms with Gasteiger partial charge in [-0.2, -0.15) is 0 Å². The molecule has 55 heavy (non-hydrogen) atoms. The van der Waals surface area contributed by atoms with E-state index in [2.05, 4.69) is 211 Å². The van der Waals surface area contributed by atoms with Crippen molar-refractivity contribution >= 4 is 49.8 Å². The molecule has 0 aliphatic heterocycles. The van der Waals surface area contributed by atoms with Crippen LogP contribution in [0, 0.1) is 0 Å². The van der Waals surface area contributed by atoms with Crippen molar-refractivity contribution in [2.45, 2.75) is 5.41 Å². The Kier molecular flexibility index (Phi) is 7.11. The predicted octanol–water partition coefficient (Wildman–Crippen LogP) is 14.2. The number of fused-ring (bicyclic) bond motifs is 8. The Morgan fingerprint density at radius 3 is 1.60 bits per heavy atom. The molecule has 1 aromatic heterocycles. The van der Waals surface area contributed by atoms with E-state index in [0.717, 1.165) is 44.4 Å². The smallest absolute Gasteiger partial charge is 0.136 e. The van der Waals surface area contributed by atoms with Gasteiger partial charge >= 0.3 is 0 Å². The van der Waals surface area contributed by atoms with Crippen molar-refractivity contribution in [2.75, 3.05) is 4.90 Å². The summed E-state index contributed by atoms with van der Waals surface area (Å²) in [5.41, 5.74) is 14.7. The summed E-state index contributed by atoms with van der Waals surface area (Å²) >= 11 is 0. The average molecular weight is 702 g/mol. The second-order valence-electron chi connectivity index (χ2n) is 14.4. The summed E-state index contributed by atoms with van der Waals surface area (Å²) < 4.78 is 6.33. The molecule has 0 fully saturated rings. The monoisotopic (exact) mass is 701 g/mol. The third-order valence-electron chi connectivity index (χ3n) is 11.6. The highest BCUT2D eigenvalue weighted by Gasteiger charge is 2.45. The summed E-state index contributed by atoms with van der Waals surface area (Å²) in [7, 11) is 0. The summed E-state index contributed by atoms with van der Waals surface area (Å²) in [6.07, 6.45) is 0. The van der Waals surface area contributed by atoms with Crippen LogP contribution in [0.5, 0.6) is 0 Å². The van der Waals surface area contributed by atoms with Gasteiger partial charge in [0.15, 0.2) is 0 Å². The number of para-hydroxylation sites is 1. The van der Waals surface area contributed by atoms with Gasteiger partial charge < -0.3 is 9.32 Å². The molecule has 0 atom stereocenters. The first kappa shape index (κ1) is 31.4. The van der Waals surface area contributed by atoms with Crippen LogP contribution in [0.25, 0.3) is 55.0 Å². The topological polar surface area (TPSA) is 16.4 Å².